The third-order valence-electron chi connectivity index (χ3n) is 3.49. The predicted molar refractivity (Wildman–Crippen MR) is 76.8 cm³/mol. The van der Waals surface area contributed by atoms with Crippen molar-refractivity contribution in [2.24, 2.45) is 0 Å². The zero-order chi connectivity index (χ0) is 14.8. The molecule has 2 heterocycles. The molecule has 1 aromatic carbocycles. The fourth-order valence-corrected chi connectivity index (χ4v) is 2.44. The van der Waals surface area contributed by atoms with Crippen molar-refractivity contribution >= 4 is 0 Å². The van der Waals surface area contributed by atoms with Gasteiger partial charge in [0.2, 0.25) is 0 Å². The Bertz CT molecular complexity index is 724. The summed E-state index contributed by atoms with van der Waals surface area (Å²) in [6.07, 6.45) is 0.637. The molecule has 0 saturated carbocycles. The lowest BCUT2D eigenvalue weighted by Crippen LogP contribution is -2.24. The van der Waals surface area contributed by atoms with Crippen molar-refractivity contribution in [2.45, 2.75) is 13.0 Å². The van der Waals surface area contributed by atoms with E-state index in [9.17, 15) is 4.79 Å². The first-order valence-electron chi connectivity index (χ1n) is 6.65. The zero-order valence-electron chi connectivity index (χ0n) is 11.9. The molecule has 6 heteroatoms. The van der Waals surface area contributed by atoms with Gasteiger partial charge in [-0.2, -0.15) is 0 Å². The van der Waals surface area contributed by atoms with Gasteiger partial charge in [0.25, 0.3) is 5.56 Å². The number of fused-ring (bicyclic) bond motifs is 1. The van der Waals surface area contributed by atoms with Gasteiger partial charge >= 0.3 is 0 Å². The maximum atomic E-state index is 12.2. The van der Waals surface area contributed by atoms with Gasteiger partial charge in [-0.05, 0) is 12.1 Å². The van der Waals surface area contributed by atoms with E-state index in [-0.39, 0.29) is 5.56 Å². The molecule has 0 fully saturated rings. The number of ether oxygens (including phenoxy) is 3. The highest BCUT2D eigenvalue weighted by Gasteiger charge is 2.19. The summed E-state index contributed by atoms with van der Waals surface area (Å²) in [5, 5.41) is 0. The molecule has 6 nitrogen and oxygen atoms in total. The van der Waals surface area contributed by atoms with Crippen LogP contribution in [-0.2, 0) is 17.8 Å². The lowest BCUT2D eigenvalue weighted by atomic mass is 10.1. The number of hydrogen-bond donors (Lipinski definition) is 1. The van der Waals surface area contributed by atoms with E-state index in [4.69, 9.17) is 14.2 Å². The molecule has 0 spiro atoms. The van der Waals surface area contributed by atoms with Gasteiger partial charge in [0.05, 0.1) is 44.3 Å². The van der Waals surface area contributed by atoms with Crippen LogP contribution in [0.25, 0.3) is 11.4 Å². The number of para-hydroxylation sites is 1. The minimum absolute atomic E-state index is 0.167. The molecule has 0 radical (unpaired) electrons. The van der Waals surface area contributed by atoms with Crippen LogP contribution in [0.5, 0.6) is 11.5 Å². The second-order valence-corrected chi connectivity index (χ2v) is 4.68. The molecular formula is C15H16N2O4. The number of aromatic nitrogens is 2. The Morgan fingerprint density at radius 2 is 2.14 bits per heavy atom. The predicted octanol–water partition coefficient (Wildman–Crippen LogP) is 1.53. The minimum Gasteiger partial charge on any atom is -0.493 e. The van der Waals surface area contributed by atoms with Gasteiger partial charge in [-0.3, -0.25) is 4.79 Å². The fraction of sp³-hybridized carbons (Fsp3) is 0.333. The molecule has 2 aromatic rings. The largest absolute Gasteiger partial charge is 0.493 e. The van der Waals surface area contributed by atoms with Crippen LogP contribution >= 0.6 is 0 Å². The highest BCUT2D eigenvalue weighted by atomic mass is 16.5. The quantitative estimate of drug-likeness (QED) is 0.927. The molecule has 1 N–H and O–H groups in total. The van der Waals surface area contributed by atoms with Crippen LogP contribution in [0.1, 0.15) is 11.3 Å². The maximum absolute atomic E-state index is 12.2. The molecule has 0 atom stereocenters. The summed E-state index contributed by atoms with van der Waals surface area (Å²) in [5.74, 6) is 1.63. The van der Waals surface area contributed by atoms with Crippen LogP contribution in [0, 0.1) is 0 Å². The Hall–Kier alpha value is -2.34. The Labute approximate surface area is 121 Å². The van der Waals surface area contributed by atoms with Gasteiger partial charge in [-0.1, -0.05) is 6.07 Å². The Morgan fingerprint density at radius 1 is 1.29 bits per heavy atom. The summed E-state index contributed by atoms with van der Waals surface area (Å²) in [7, 11) is 3.13. The first kappa shape index (κ1) is 13.6. The molecule has 1 aliphatic heterocycles. The van der Waals surface area contributed by atoms with Crippen LogP contribution in [0.2, 0.25) is 0 Å². The van der Waals surface area contributed by atoms with Crippen molar-refractivity contribution in [1.82, 2.24) is 9.97 Å². The van der Waals surface area contributed by atoms with Gasteiger partial charge < -0.3 is 19.2 Å². The second kappa shape index (κ2) is 5.57. The van der Waals surface area contributed by atoms with Crippen molar-refractivity contribution in [1.29, 1.82) is 0 Å². The molecule has 0 bridgehead atoms. The minimum atomic E-state index is -0.167. The van der Waals surface area contributed by atoms with Crippen molar-refractivity contribution in [3.05, 3.63) is 39.8 Å². The van der Waals surface area contributed by atoms with Gasteiger partial charge in [0.1, 0.15) is 5.82 Å². The molecule has 0 unspecified atom stereocenters. The van der Waals surface area contributed by atoms with E-state index < -0.39 is 0 Å². The Kier molecular flexibility index (Phi) is 3.62. The molecule has 110 valence electrons. The van der Waals surface area contributed by atoms with E-state index in [1.807, 2.05) is 12.1 Å². The third-order valence-corrected chi connectivity index (χ3v) is 3.49. The summed E-state index contributed by atoms with van der Waals surface area (Å²) in [6.45, 7) is 0.894. The number of rotatable bonds is 3. The molecule has 0 aliphatic carbocycles. The van der Waals surface area contributed by atoms with Crippen molar-refractivity contribution < 1.29 is 14.2 Å². The summed E-state index contributed by atoms with van der Waals surface area (Å²) in [6, 6.07) is 5.47. The molecule has 1 aliphatic rings. The summed E-state index contributed by atoms with van der Waals surface area (Å²) < 4.78 is 16.0. The van der Waals surface area contributed by atoms with E-state index in [1.54, 1.807) is 20.3 Å². The molecule has 1 aromatic heterocycles. The molecule has 3 rings (SSSR count). The van der Waals surface area contributed by atoms with E-state index in [1.165, 1.54) is 0 Å². The first-order chi connectivity index (χ1) is 10.2. The first-order valence-corrected chi connectivity index (χ1v) is 6.65. The SMILES string of the molecule is COc1cccc(-c2nc3c(c(=O)[nH]2)COCC3)c1OC. The van der Waals surface area contributed by atoms with E-state index in [2.05, 4.69) is 9.97 Å². The van der Waals surface area contributed by atoms with Gasteiger partial charge in [0, 0.05) is 6.42 Å². The number of aromatic amines is 1. The normalized spacial score (nSPS) is 13.6. The molecular weight excluding hydrogens is 272 g/mol. The number of methoxy groups -OCH3 is 2. The smallest absolute Gasteiger partial charge is 0.256 e. The lowest BCUT2D eigenvalue weighted by molar-refractivity contribution is 0.108. The van der Waals surface area contributed by atoms with E-state index in [0.29, 0.717) is 48.1 Å². The lowest BCUT2D eigenvalue weighted by Gasteiger charge is -2.17. The summed E-state index contributed by atoms with van der Waals surface area (Å²) in [5.41, 5.74) is 1.92. The third kappa shape index (κ3) is 2.38. The van der Waals surface area contributed by atoms with Crippen molar-refractivity contribution in [3.63, 3.8) is 0 Å². The Balaban J connectivity index is 2.17. The molecule has 21 heavy (non-hydrogen) atoms. The van der Waals surface area contributed by atoms with Crippen LogP contribution in [0.15, 0.2) is 23.0 Å². The van der Waals surface area contributed by atoms with Crippen LogP contribution in [-0.4, -0.2) is 30.8 Å². The standard InChI is InChI=1S/C15H16N2O4/c1-19-12-5-3-4-9(13(12)20-2)14-16-11-6-7-21-8-10(11)15(18)17-14/h3-5H,6-8H2,1-2H3,(H,16,17,18). The number of H-pyrrole nitrogens is 1. The van der Waals surface area contributed by atoms with Crippen LogP contribution < -0.4 is 15.0 Å². The molecule has 0 saturated heterocycles. The fourth-order valence-electron chi connectivity index (χ4n) is 2.44. The van der Waals surface area contributed by atoms with Crippen molar-refractivity contribution in [2.75, 3.05) is 20.8 Å². The number of nitrogens with one attached hydrogen (secondary N) is 1. The van der Waals surface area contributed by atoms with E-state index in [0.717, 1.165) is 5.69 Å². The highest BCUT2D eigenvalue weighted by Crippen LogP contribution is 2.36. The van der Waals surface area contributed by atoms with Crippen LogP contribution in [0.4, 0.5) is 0 Å². The Morgan fingerprint density at radius 3 is 2.90 bits per heavy atom. The van der Waals surface area contributed by atoms with Gasteiger partial charge in [-0.15, -0.1) is 0 Å². The molecule has 0 amide bonds. The van der Waals surface area contributed by atoms with Crippen LogP contribution in [0.3, 0.4) is 0 Å². The topological polar surface area (TPSA) is 73.4 Å². The number of benzene rings is 1. The number of nitrogens with zero attached hydrogens (tertiary/aromatic N) is 1. The highest BCUT2D eigenvalue weighted by molar-refractivity contribution is 5.68. The summed E-state index contributed by atoms with van der Waals surface area (Å²) >= 11 is 0. The van der Waals surface area contributed by atoms with Crippen molar-refractivity contribution in [3.8, 4) is 22.9 Å². The second-order valence-electron chi connectivity index (χ2n) is 4.68. The van der Waals surface area contributed by atoms with Gasteiger partial charge in [0.15, 0.2) is 11.5 Å². The van der Waals surface area contributed by atoms with Gasteiger partial charge in [-0.25, -0.2) is 4.98 Å². The zero-order valence-corrected chi connectivity index (χ0v) is 11.9. The average Bonchev–Trinajstić information content (AvgIpc) is 2.54. The number of hydrogen-bond acceptors (Lipinski definition) is 5. The monoisotopic (exact) mass is 288 g/mol. The summed E-state index contributed by atoms with van der Waals surface area (Å²) in [4.78, 5) is 19.5. The maximum Gasteiger partial charge on any atom is 0.256 e. The average molecular weight is 288 g/mol. The van der Waals surface area contributed by atoms with E-state index >= 15 is 0 Å².